The van der Waals surface area contributed by atoms with E-state index in [-0.39, 0.29) is 25.0 Å². The fourth-order valence-electron chi connectivity index (χ4n) is 6.52. The van der Waals surface area contributed by atoms with Gasteiger partial charge in [-0.05, 0) is 118 Å². The molecule has 3 rings (SSSR count). The first-order chi connectivity index (χ1) is 20.3. The number of hydrogen-bond donors (Lipinski definition) is 2. The van der Waals surface area contributed by atoms with Gasteiger partial charge in [0.25, 0.3) is 0 Å². The van der Waals surface area contributed by atoms with Crippen molar-refractivity contribution in [3.05, 3.63) is 71.1 Å². The van der Waals surface area contributed by atoms with Crippen LogP contribution in [0.15, 0.2) is 48.6 Å². The minimum atomic E-state index is -0.394. The summed E-state index contributed by atoms with van der Waals surface area (Å²) in [5.74, 6) is 0.567. The molecule has 1 aliphatic rings. The van der Waals surface area contributed by atoms with Gasteiger partial charge in [-0.2, -0.15) is 0 Å². The van der Waals surface area contributed by atoms with Crippen LogP contribution in [0.4, 0.5) is 4.39 Å². The maximum atomic E-state index is 15.5. The van der Waals surface area contributed by atoms with E-state index >= 15 is 4.39 Å². The number of halogens is 1. The summed E-state index contributed by atoms with van der Waals surface area (Å²) in [6.07, 6.45) is 12.6. The zero-order valence-corrected chi connectivity index (χ0v) is 26.2. The molecule has 0 saturated heterocycles. The molecule has 5 heteroatoms. The first kappa shape index (κ1) is 34.0. The Balaban J connectivity index is 1.56. The van der Waals surface area contributed by atoms with Crippen LogP contribution in [0.1, 0.15) is 114 Å². The van der Waals surface area contributed by atoms with Crippen molar-refractivity contribution in [2.45, 2.75) is 110 Å². The number of carbonyl (C=O) groups excluding carboxylic acids is 1. The van der Waals surface area contributed by atoms with Gasteiger partial charge in [0.05, 0.1) is 19.8 Å². The SMILES string of the molecule is C=C(C)C(=O)OCCCC1CCC(c2ccc(-c3ccc(CCCC(CO)(CO)CCCC)cc3CC)c(F)c2)CC1. The van der Waals surface area contributed by atoms with Crippen LogP contribution in [0, 0.1) is 17.2 Å². The van der Waals surface area contributed by atoms with Gasteiger partial charge in [0.1, 0.15) is 5.82 Å². The molecular weight excluding hydrogens is 527 g/mol. The summed E-state index contributed by atoms with van der Waals surface area (Å²) < 4.78 is 20.8. The second-order valence-corrected chi connectivity index (χ2v) is 12.6. The minimum Gasteiger partial charge on any atom is -0.462 e. The van der Waals surface area contributed by atoms with Crippen molar-refractivity contribution in [1.82, 2.24) is 0 Å². The number of aliphatic hydroxyl groups excluding tert-OH is 2. The van der Waals surface area contributed by atoms with Gasteiger partial charge in [-0.3, -0.25) is 0 Å². The quantitative estimate of drug-likeness (QED) is 0.112. The van der Waals surface area contributed by atoms with E-state index in [1.54, 1.807) is 13.0 Å². The largest absolute Gasteiger partial charge is 0.462 e. The van der Waals surface area contributed by atoms with Gasteiger partial charge in [0, 0.05) is 16.6 Å². The van der Waals surface area contributed by atoms with Crippen molar-refractivity contribution in [3.63, 3.8) is 0 Å². The molecule has 0 aromatic heterocycles. The third-order valence-electron chi connectivity index (χ3n) is 9.39. The molecule has 0 bridgehead atoms. The maximum absolute atomic E-state index is 15.5. The first-order valence-corrected chi connectivity index (χ1v) is 16.2. The maximum Gasteiger partial charge on any atom is 0.333 e. The van der Waals surface area contributed by atoms with E-state index in [1.165, 1.54) is 5.56 Å². The molecule has 0 amide bonds. The molecule has 1 saturated carbocycles. The molecule has 0 heterocycles. The summed E-state index contributed by atoms with van der Waals surface area (Å²) in [6.45, 7) is 10.0. The molecule has 2 aromatic rings. The Morgan fingerprint density at radius 1 is 0.976 bits per heavy atom. The van der Waals surface area contributed by atoms with Crippen LogP contribution < -0.4 is 0 Å². The molecule has 0 unspecified atom stereocenters. The van der Waals surface area contributed by atoms with Gasteiger partial charge in [0.15, 0.2) is 0 Å². The van der Waals surface area contributed by atoms with Gasteiger partial charge in [-0.1, -0.05) is 63.6 Å². The van der Waals surface area contributed by atoms with E-state index in [9.17, 15) is 15.0 Å². The van der Waals surface area contributed by atoms with Crippen LogP contribution in [0.3, 0.4) is 0 Å². The van der Waals surface area contributed by atoms with Crippen LogP contribution in [-0.4, -0.2) is 36.0 Å². The van der Waals surface area contributed by atoms with Crippen molar-refractivity contribution < 1.29 is 24.1 Å². The zero-order chi connectivity index (χ0) is 30.5. The molecule has 2 aromatic carbocycles. The van der Waals surface area contributed by atoms with Crippen LogP contribution in [0.2, 0.25) is 0 Å². The fourth-order valence-corrected chi connectivity index (χ4v) is 6.52. The predicted molar refractivity (Wildman–Crippen MR) is 170 cm³/mol. The average molecular weight is 581 g/mol. The number of ether oxygens (including phenoxy) is 1. The normalized spacial score (nSPS) is 17.3. The van der Waals surface area contributed by atoms with Crippen LogP contribution >= 0.6 is 0 Å². The highest BCUT2D eigenvalue weighted by Crippen LogP contribution is 2.39. The third-order valence-corrected chi connectivity index (χ3v) is 9.39. The molecule has 42 heavy (non-hydrogen) atoms. The molecule has 4 nitrogen and oxygen atoms in total. The highest BCUT2D eigenvalue weighted by atomic mass is 19.1. The monoisotopic (exact) mass is 580 g/mol. The summed E-state index contributed by atoms with van der Waals surface area (Å²) in [5, 5.41) is 19.9. The highest BCUT2D eigenvalue weighted by Gasteiger charge is 2.27. The number of aliphatic hydroxyl groups is 2. The van der Waals surface area contributed by atoms with Gasteiger partial charge in [-0.25, -0.2) is 9.18 Å². The molecular formula is C37H53FO4. The van der Waals surface area contributed by atoms with Crippen molar-refractivity contribution >= 4 is 5.97 Å². The lowest BCUT2D eigenvalue weighted by Gasteiger charge is -2.30. The van der Waals surface area contributed by atoms with E-state index in [4.69, 9.17) is 4.74 Å². The minimum absolute atomic E-state index is 0.0220. The average Bonchev–Trinajstić information content (AvgIpc) is 3.01. The van der Waals surface area contributed by atoms with E-state index in [2.05, 4.69) is 44.7 Å². The Bertz CT molecular complexity index is 1140. The Kier molecular flexibility index (Phi) is 13.7. The number of rotatable bonds is 17. The van der Waals surface area contributed by atoms with Crippen LogP contribution in [-0.2, 0) is 22.4 Å². The Morgan fingerprint density at radius 2 is 1.67 bits per heavy atom. The summed E-state index contributed by atoms with van der Waals surface area (Å²) in [7, 11) is 0. The van der Waals surface area contributed by atoms with Crippen molar-refractivity contribution in [3.8, 4) is 11.1 Å². The number of esters is 1. The predicted octanol–water partition coefficient (Wildman–Crippen LogP) is 8.71. The molecule has 2 N–H and O–H groups in total. The molecule has 232 valence electrons. The highest BCUT2D eigenvalue weighted by molar-refractivity contribution is 5.86. The smallest absolute Gasteiger partial charge is 0.333 e. The van der Waals surface area contributed by atoms with Gasteiger partial charge < -0.3 is 14.9 Å². The summed E-state index contributed by atoms with van der Waals surface area (Å²) in [6, 6.07) is 12.2. The van der Waals surface area contributed by atoms with Crippen molar-refractivity contribution in [2.24, 2.45) is 11.3 Å². The number of carbonyl (C=O) groups is 1. The molecule has 0 spiro atoms. The molecule has 0 radical (unpaired) electrons. The first-order valence-electron chi connectivity index (χ1n) is 16.2. The summed E-state index contributed by atoms with van der Waals surface area (Å²) in [5.41, 5.74) is 5.14. The van der Waals surface area contributed by atoms with Crippen molar-refractivity contribution in [2.75, 3.05) is 19.8 Å². The molecule has 0 aliphatic heterocycles. The number of aryl methyl sites for hydroxylation is 2. The Labute approximate surface area is 253 Å². The molecule has 1 aliphatic carbocycles. The molecule has 0 atom stereocenters. The van der Waals surface area contributed by atoms with Crippen molar-refractivity contribution in [1.29, 1.82) is 0 Å². The van der Waals surface area contributed by atoms with E-state index in [0.717, 1.165) is 100 Å². The van der Waals surface area contributed by atoms with E-state index in [1.807, 2.05) is 6.07 Å². The lowest BCUT2D eigenvalue weighted by atomic mass is 9.77. The summed E-state index contributed by atoms with van der Waals surface area (Å²) in [4.78, 5) is 11.5. The van der Waals surface area contributed by atoms with Crippen LogP contribution in [0.25, 0.3) is 11.1 Å². The molecule has 1 fully saturated rings. The number of unbranched alkanes of at least 4 members (excludes halogenated alkanes) is 1. The third kappa shape index (κ3) is 9.50. The second kappa shape index (κ2) is 17.0. The Hall–Kier alpha value is -2.50. The van der Waals surface area contributed by atoms with Gasteiger partial charge in [-0.15, -0.1) is 0 Å². The Morgan fingerprint density at radius 3 is 2.29 bits per heavy atom. The topological polar surface area (TPSA) is 66.8 Å². The second-order valence-electron chi connectivity index (χ2n) is 12.6. The number of hydrogen-bond acceptors (Lipinski definition) is 4. The van der Waals surface area contributed by atoms with E-state index < -0.39 is 5.41 Å². The standard InChI is InChI=1S/C37H53FO4/c1-5-7-20-37(25-39,26-40)21-8-10-29-14-18-33(30(6-2)23-29)34-19-17-32(24-35(34)38)31-15-12-28(13-16-31)11-9-22-42-36(41)27(3)4/h14,17-19,23-24,28,31,39-40H,3,5-13,15-16,20-22,25-26H2,1-2,4H3. The van der Waals surface area contributed by atoms with E-state index in [0.29, 0.717) is 29.6 Å². The van der Waals surface area contributed by atoms with Gasteiger partial charge >= 0.3 is 5.97 Å². The summed E-state index contributed by atoms with van der Waals surface area (Å²) >= 11 is 0. The fraction of sp³-hybridized carbons (Fsp3) is 0.595. The zero-order valence-electron chi connectivity index (χ0n) is 26.2. The van der Waals surface area contributed by atoms with Gasteiger partial charge in [0.2, 0.25) is 0 Å². The number of benzene rings is 2. The lowest BCUT2D eigenvalue weighted by molar-refractivity contribution is -0.139. The van der Waals surface area contributed by atoms with Crippen LogP contribution in [0.5, 0.6) is 0 Å². The lowest BCUT2D eigenvalue weighted by Crippen LogP contribution is -2.30.